The van der Waals surface area contributed by atoms with Crippen molar-refractivity contribution in [2.24, 2.45) is 0 Å². The predicted molar refractivity (Wildman–Crippen MR) is 81.4 cm³/mol. The van der Waals surface area contributed by atoms with E-state index in [1.807, 2.05) is 0 Å². The van der Waals surface area contributed by atoms with E-state index in [0.29, 0.717) is 0 Å². The van der Waals surface area contributed by atoms with Crippen LogP contribution in [0, 0.1) is 0 Å². The van der Waals surface area contributed by atoms with Crippen molar-refractivity contribution in [1.82, 2.24) is 0 Å². The van der Waals surface area contributed by atoms with Crippen molar-refractivity contribution in [2.45, 2.75) is 6.18 Å². The smallest absolute Gasteiger partial charge is 0.289 e. The Morgan fingerprint density at radius 2 is 1.39 bits per heavy atom. The monoisotopic (exact) mass is 338 g/mol. The molecule has 0 aromatic heterocycles. The fourth-order valence-corrected chi connectivity index (χ4v) is 2.23. The Balaban J connectivity index is 2.64. The molecule has 0 spiro atoms. The molecular weight excluding hydrogens is 329 g/mol. The highest BCUT2D eigenvalue weighted by Crippen LogP contribution is 2.29. The summed E-state index contributed by atoms with van der Waals surface area (Å²) in [6.07, 6.45) is -4.83. The first-order valence-electron chi connectivity index (χ1n) is 6.48. The van der Waals surface area contributed by atoms with Crippen LogP contribution in [0.2, 0.25) is 0 Å². The summed E-state index contributed by atoms with van der Waals surface area (Å²) in [5, 5.41) is -0.936. The van der Waals surface area contributed by atoms with E-state index in [0.717, 1.165) is 0 Å². The van der Waals surface area contributed by atoms with E-state index in [-0.39, 0.29) is 22.8 Å². The molecule has 0 saturated carbocycles. The Hall–Kier alpha value is -2.40. The van der Waals surface area contributed by atoms with Gasteiger partial charge in [-0.05, 0) is 23.2 Å². The van der Waals surface area contributed by atoms with Gasteiger partial charge >= 0.3 is 6.18 Å². The van der Waals surface area contributed by atoms with E-state index in [1.54, 1.807) is 6.07 Å². The van der Waals surface area contributed by atoms with Gasteiger partial charge in [0, 0.05) is 22.8 Å². The second-order valence-corrected chi connectivity index (χ2v) is 4.96. The SMILES string of the molecule is O=C(C(=CC(F)(F)F)c1ccccc1C(=O)Cl)c1ccccc1. The molecule has 0 atom stereocenters. The Kier molecular flexibility index (Phi) is 5.01. The molecule has 2 rings (SSSR count). The molecule has 0 aliphatic rings. The number of allylic oxidation sites excluding steroid dienone is 2. The highest BCUT2D eigenvalue weighted by atomic mass is 35.5. The Morgan fingerprint density at radius 3 is 1.91 bits per heavy atom. The zero-order valence-electron chi connectivity index (χ0n) is 11.6. The van der Waals surface area contributed by atoms with Crippen LogP contribution in [0.25, 0.3) is 5.57 Å². The van der Waals surface area contributed by atoms with Gasteiger partial charge in [-0.25, -0.2) is 0 Å². The Morgan fingerprint density at radius 1 is 0.870 bits per heavy atom. The third-order valence-electron chi connectivity index (χ3n) is 3.02. The Bertz CT molecular complexity index is 765. The molecule has 0 heterocycles. The standard InChI is InChI=1S/C17H10ClF3O2/c18-16(23)13-9-5-4-8-12(13)14(10-17(19,20)21)15(22)11-6-2-1-3-7-11/h1-10H. The van der Waals surface area contributed by atoms with Crippen molar-refractivity contribution in [3.8, 4) is 0 Å². The minimum Gasteiger partial charge on any atom is -0.289 e. The van der Waals surface area contributed by atoms with Crippen LogP contribution in [-0.4, -0.2) is 17.2 Å². The number of halogens is 4. The van der Waals surface area contributed by atoms with Gasteiger partial charge in [0.15, 0.2) is 5.78 Å². The molecule has 118 valence electrons. The number of alkyl halides is 3. The molecule has 6 heteroatoms. The molecular formula is C17H10ClF3O2. The van der Waals surface area contributed by atoms with Gasteiger partial charge in [0.05, 0.1) is 0 Å². The van der Waals surface area contributed by atoms with E-state index >= 15 is 0 Å². The zero-order chi connectivity index (χ0) is 17.0. The van der Waals surface area contributed by atoms with Gasteiger partial charge in [0.2, 0.25) is 0 Å². The molecule has 2 aromatic rings. The van der Waals surface area contributed by atoms with E-state index < -0.39 is 22.8 Å². The van der Waals surface area contributed by atoms with Crippen molar-refractivity contribution < 1.29 is 22.8 Å². The molecule has 2 aromatic carbocycles. The van der Waals surface area contributed by atoms with Crippen molar-refractivity contribution >= 4 is 28.2 Å². The first kappa shape index (κ1) is 17.0. The van der Waals surface area contributed by atoms with Gasteiger partial charge in [-0.2, -0.15) is 13.2 Å². The molecule has 0 fully saturated rings. The number of ketones is 1. The lowest BCUT2D eigenvalue weighted by molar-refractivity contribution is -0.0793. The number of hydrogen-bond donors (Lipinski definition) is 0. The fraction of sp³-hybridized carbons (Fsp3) is 0.0588. The molecule has 0 radical (unpaired) electrons. The maximum Gasteiger partial charge on any atom is 0.410 e. The van der Waals surface area contributed by atoms with E-state index in [9.17, 15) is 22.8 Å². The summed E-state index contributed by atoms with van der Waals surface area (Å²) >= 11 is 5.42. The van der Waals surface area contributed by atoms with Crippen LogP contribution in [0.15, 0.2) is 60.7 Å². The molecule has 0 amide bonds. The lowest BCUT2D eigenvalue weighted by Gasteiger charge is -2.12. The summed E-state index contributed by atoms with van der Waals surface area (Å²) < 4.78 is 38.6. The number of benzene rings is 2. The van der Waals surface area contributed by atoms with Crippen molar-refractivity contribution in [3.63, 3.8) is 0 Å². The maximum atomic E-state index is 12.9. The van der Waals surface area contributed by atoms with E-state index in [2.05, 4.69) is 0 Å². The number of carbonyl (C=O) groups excluding carboxylic acids is 2. The molecule has 0 unspecified atom stereocenters. The van der Waals surface area contributed by atoms with Gasteiger partial charge in [-0.15, -0.1) is 0 Å². The van der Waals surface area contributed by atoms with Crippen LogP contribution in [0.1, 0.15) is 26.3 Å². The Labute approximate surface area is 135 Å². The normalized spacial score (nSPS) is 12.1. The molecule has 0 aliphatic carbocycles. The van der Waals surface area contributed by atoms with Gasteiger partial charge < -0.3 is 0 Å². The van der Waals surface area contributed by atoms with E-state index in [1.165, 1.54) is 48.5 Å². The lowest BCUT2D eigenvalue weighted by Crippen LogP contribution is -2.11. The minimum absolute atomic E-state index is 0.0832. The van der Waals surface area contributed by atoms with Crippen LogP contribution < -0.4 is 0 Å². The molecule has 2 nitrogen and oxygen atoms in total. The van der Waals surface area contributed by atoms with Crippen molar-refractivity contribution in [3.05, 3.63) is 77.4 Å². The van der Waals surface area contributed by atoms with Gasteiger partial charge in [0.1, 0.15) is 0 Å². The van der Waals surface area contributed by atoms with Crippen molar-refractivity contribution in [1.29, 1.82) is 0 Å². The third-order valence-corrected chi connectivity index (χ3v) is 3.22. The number of carbonyl (C=O) groups is 2. The molecule has 0 bridgehead atoms. The summed E-state index contributed by atoms with van der Waals surface area (Å²) in [5.41, 5.74) is -0.860. The van der Waals surface area contributed by atoms with Crippen molar-refractivity contribution in [2.75, 3.05) is 0 Å². The van der Waals surface area contributed by atoms with Crippen LogP contribution in [-0.2, 0) is 0 Å². The van der Waals surface area contributed by atoms with Gasteiger partial charge in [0.25, 0.3) is 5.24 Å². The topological polar surface area (TPSA) is 34.1 Å². The number of hydrogen-bond acceptors (Lipinski definition) is 2. The summed E-state index contributed by atoms with van der Waals surface area (Å²) in [6, 6.07) is 12.9. The largest absolute Gasteiger partial charge is 0.410 e. The van der Waals surface area contributed by atoms with Crippen LogP contribution in [0.4, 0.5) is 13.2 Å². The quantitative estimate of drug-likeness (QED) is 0.451. The second kappa shape index (κ2) is 6.79. The molecule has 0 aliphatic heterocycles. The number of rotatable bonds is 4. The summed E-state index contributed by atoms with van der Waals surface area (Å²) in [7, 11) is 0. The summed E-state index contributed by atoms with van der Waals surface area (Å²) in [6.45, 7) is 0. The average Bonchev–Trinajstić information content (AvgIpc) is 2.52. The number of Topliss-reactive ketones (excluding diaryl/α,β-unsaturated/α-hetero) is 1. The molecule has 23 heavy (non-hydrogen) atoms. The zero-order valence-corrected chi connectivity index (χ0v) is 12.4. The van der Waals surface area contributed by atoms with Crippen LogP contribution in [0.3, 0.4) is 0 Å². The van der Waals surface area contributed by atoms with Gasteiger partial charge in [-0.3, -0.25) is 9.59 Å². The molecule has 0 saturated heterocycles. The lowest BCUT2D eigenvalue weighted by atomic mass is 9.93. The fourth-order valence-electron chi connectivity index (χ4n) is 2.06. The maximum absolute atomic E-state index is 12.9. The van der Waals surface area contributed by atoms with E-state index in [4.69, 9.17) is 11.6 Å². The highest BCUT2D eigenvalue weighted by molar-refractivity contribution is 6.68. The first-order valence-corrected chi connectivity index (χ1v) is 6.86. The summed E-state index contributed by atoms with van der Waals surface area (Å²) in [4.78, 5) is 23.9. The molecule has 0 N–H and O–H groups in total. The first-order chi connectivity index (χ1) is 10.8. The van der Waals surface area contributed by atoms with Crippen LogP contribution >= 0.6 is 11.6 Å². The highest BCUT2D eigenvalue weighted by Gasteiger charge is 2.29. The predicted octanol–water partition coefficient (Wildman–Crippen LogP) is 4.89. The minimum atomic E-state index is -4.72. The van der Waals surface area contributed by atoms with Crippen LogP contribution in [0.5, 0.6) is 0 Å². The summed E-state index contributed by atoms with van der Waals surface area (Å²) in [5.74, 6) is -0.840. The second-order valence-electron chi connectivity index (χ2n) is 4.61. The third kappa shape index (κ3) is 4.29. The average molecular weight is 339 g/mol. The van der Waals surface area contributed by atoms with Gasteiger partial charge in [-0.1, -0.05) is 48.5 Å².